The average Bonchev–Trinajstić information content (AvgIpc) is 3.29. The van der Waals surface area contributed by atoms with Gasteiger partial charge in [-0.2, -0.15) is 4.98 Å². The van der Waals surface area contributed by atoms with Gasteiger partial charge in [0.15, 0.2) is 11.5 Å². The highest BCUT2D eigenvalue weighted by Crippen LogP contribution is 2.32. The van der Waals surface area contributed by atoms with Crippen LogP contribution in [0.5, 0.6) is 5.75 Å². The first kappa shape index (κ1) is 17.9. The van der Waals surface area contributed by atoms with E-state index in [9.17, 15) is 4.79 Å². The number of thiazole rings is 1. The van der Waals surface area contributed by atoms with Crippen molar-refractivity contribution in [2.75, 3.05) is 19.0 Å². The minimum atomic E-state index is -0.511. The fraction of sp³-hybridized carbons (Fsp3) is 0.167. The molecule has 28 heavy (non-hydrogen) atoms. The molecule has 3 heterocycles. The van der Waals surface area contributed by atoms with Gasteiger partial charge in [-0.3, -0.25) is 0 Å². The van der Waals surface area contributed by atoms with Crippen molar-refractivity contribution in [1.29, 1.82) is 0 Å². The summed E-state index contributed by atoms with van der Waals surface area (Å²) in [6, 6.07) is 10.9. The van der Waals surface area contributed by atoms with Gasteiger partial charge in [-0.15, -0.1) is 26.6 Å². The molecule has 1 aromatic carbocycles. The number of para-hydroxylation sites is 1. The molecule has 0 bridgehead atoms. The number of ether oxygens (including phenoxy) is 2. The molecule has 0 amide bonds. The summed E-state index contributed by atoms with van der Waals surface area (Å²) in [4.78, 5) is 16.8. The summed E-state index contributed by atoms with van der Waals surface area (Å²) in [5, 5.41) is 17.3. The highest BCUT2D eigenvalue weighted by atomic mass is 32.1. The summed E-state index contributed by atoms with van der Waals surface area (Å²) in [6.07, 6.45) is 0. The van der Waals surface area contributed by atoms with E-state index in [-0.39, 0.29) is 12.3 Å². The second-order valence-electron chi connectivity index (χ2n) is 5.60. The highest BCUT2D eigenvalue weighted by Gasteiger charge is 2.15. The van der Waals surface area contributed by atoms with Gasteiger partial charge in [-0.1, -0.05) is 12.1 Å². The van der Waals surface area contributed by atoms with Crippen LogP contribution in [0.15, 0.2) is 41.8 Å². The van der Waals surface area contributed by atoms with Crippen molar-refractivity contribution in [1.82, 2.24) is 24.8 Å². The number of esters is 1. The predicted molar refractivity (Wildman–Crippen MR) is 104 cm³/mol. The van der Waals surface area contributed by atoms with Gasteiger partial charge in [0.2, 0.25) is 10.9 Å². The lowest BCUT2D eigenvalue weighted by atomic mass is 10.1. The zero-order chi connectivity index (χ0) is 19.5. The van der Waals surface area contributed by atoms with Crippen molar-refractivity contribution >= 4 is 34.0 Å². The van der Waals surface area contributed by atoms with Gasteiger partial charge in [-0.25, -0.2) is 9.31 Å². The lowest BCUT2D eigenvalue weighted by molar-refractivity contribution is 0.0518. The van der Waals surface area contributed by atoms with E-state index >= 15 is 0 Å². The van der Waals surface area contributed by atoms with Crippen LogP contribution in [0.25, 0.3) is 16.2 Å². The van der Waals surface area contributed by atoms with Crippen LogP contribution in [0.1, 0.15) is 17.4 Å². The Bertz CT molecular complexity index is 1120. The molecule has 0 saturated heterocycles. The summed E-state index contributed by atoms with van der Waals surface area (Å²) in [5.74, 6) is 1.04. The molecule has 142 valence electrons. The number of methoxy groups -OCH3 is 1. The molecule has 3 aromatic heterocycles. The molecule has 0 aliphatic carbocycles. The third kappa shape index (κ3) is 3.37. The SMILES string of the molecule is CCOC(=O)c1ccc(Nc2nc3scc(-c4ccccc4OC)n3n2)nn1. The third-order valence-electron chi connectivity index (χ3n) is 3.85. The Morgan fingerprint density at radius 1 is 1.21 bits per heavy atom. The summed E-state index contributed by atoms with van der Waals surface area (Å²) in [7, 11) is 1.63. The molecule has 0 atom stereocenters. The maximum Gasteiger partial charge on any atom is 0.358 e. The van der Waals surface area contributed by atoms with Gasteiger partial charge in [-0.05, 0) is 31.2 Å². The normalized spacial score (nSPS) is 10.8. The van der Waals surface area contributed by atoms with Gasteiger partial charge < -0.3 is 14.8 Å². The first-order chi connectivity index (χ1) is 13.7. The molecule has 0 aliphatic rings. The Morgan fingerprint density at radius 3 is 2.82 bits per heavy atom. The van der Waals surface area contributed by atoms with Crippen molar-refractivity contribution < 1.29 is 14.3 Å². The molecule has 0 saturated carbocycles. The molecule has 0 aliphatic heterocycles. The lowest BCUT2D eigenvalue weighted by Crippen LogP contribution is -2.08. The zero-order valence-electron chi connectivity index (χ0n) is 15.1. The third-order valence-corrected chi connectivity index (χ3v) is 4.67. The minimum Gasteiger partial charge on any atom is -0.496 e. The molecule has 0 unspecified atom stereocenters. The second kappa shape index (κ2) is 7.61. The van der Waals surface area contributed by atoms with Crippen molar-refractivity contribution in [3.8, 4) is 17.0 Å². The van der Waals surface area contributed by atoms with E-state index in [1.165, 1.54) is 17.4 Å². The Labute approximate surface area is 164 Å². The smallest absolute Gasteiger partial charge is 0.358 e. The topological polar surface area (TPSA) is 104 Å². The van der Waals surface area contributed by atoms with Crippen LogP contribution in [0, 0.1) is 0 Å². The zero-order valence-corrected chi connectivity index (χ0v) is 15.9. The number of carbonyl (C=O) groups excluding carboxylic acids is 1. The molecule has 1 N–H and O–H groups in total. The molecule has 4 rings (SSSR count). The van der Waals surface area contributed by atoms with E-state index in [0.717, 1.165) is 22.0 Å². The summed E-state index contributed by atoms with van der Waals surface area (Å²) >= 11 is 1.47. The number of nitrogens with zero attached hydrogens (tertiary/aromatic N) is 5. The maximum absolute atomic E-state index is 11.6. The molecular formula is C18H16N6O3S. The Hall–Kier alpha value is -3.53. The summed E-state index contributed by atoms with van der Waals surface area (Å²) in [6.45, 7) is 2.01. The number of anilines is 2. The van der Waals surface area contributed by atoms with Crippen molar-refractivity contribution in [3.63, 3.8) is 0 Å². The monoisotopic (exact) mass is 396 g/mol. The first-order valence-electron chi connectivity index (χ1n) is 8.45. The van der Waals surface area contributed by atoms with Gasteiger partial charge in [0.1, 0.15) is 5.75 Å². The molecule has 4 aromatic rings. The fourth-order valence-electron chi connectivity index (χ4n) is 2.60. The van der Waals surface area contributed by atoms with Crippen LogP contribution in [0.3, 0.4) is 0 Å². The molecule has 0 radical (unpaired) electrons. The molecule has 10 heteroatoms. The van der Waals surface area contributed by atoms with E-state index < -0.39 is 5.97 Å². The fourth-order valence-corrected chi connectivity index (χ4v) is 3.43. The van der Waals surface area contributed by atoms with E-state index in [2.05, 4.69) is 25.6 Å². The van der Waals surface area contributed by atoms with Crippen molar-refractivity contribution in [3.05, 3.63) is 47.5 Å². The summed E-state index contributed by atoms with van der Waals surface area (Å²) < 4.78 is 12.1. The Kier molecular flexibility index (Phi) is 4.85. The van der Waals surface area contributed by atoms with E-state index in [0.29, 0.717) is 11.8 Å². The standard InChI is InChI=1S/C18H16N6O3S/c1-3-27-16(25)12-8-9-15(22-21-12)19-17-20-18-24(23-17)13(10-28-18)11-6-4-5-7-14(11)26-2/h4-10H,3H2,1-2H3,(H,19,22,23). The van der Waals surface area contributed by atoms with Crippen molar-refractivity contribution in [2.45, 2.75) is 6.92 Å². The van der Waals surface area contributed by atoms with Gasteiger partial charge >= 0.3 is 5.97 Å². The number of aromatic nitrogens is 5. The second-order valence-corrected chi connectivity index (χ2v) is 6.44. The molecule has 0 fully saturated rings. The summed E-state index contributed by atoms with van der Waals surface area (Å²) in [5.41, 5.74) is 1.94. The van der Waals surface area contributed by atoms with Crippen LogP contribution >= 0.6 is 11.3 Å². The highest BCUT2D eigenvalue weighted by molar-refractivity contribution is 7.15. The van der Waals surface area contributed by atoms with Crippen LogP contribution in [-0.4, -0.2) is 44.5 Å². The lowest BCUT2D eigenvalue weighted by Gasteiger charge is -2.06. The molecule has 0 spiro atoms. The Balaban J connectivity index is 1.59. The van der Waals surface area contributed by atoms with Crippen LogP contribution in [0.4, 0.5) is 11.8 Å². The average molecular weight is 396 g/mol. The predicted octanol–water partition coefficient (Wildman–Crippen LogP) is 3.18. The van der Waals surface area contributed by atoms with Gasteiger partial charge in [0.05, 0.1) is 19.4 Å². The van der Waals surface area contributed by atoms with Gasteiger partial charge in [0, 0.05) is 10.9 Å². The number of carbonyl (C=O) groups is 1. The van der Waals surface area contributed by atoms with Crippen LogP contribution in [0.2, 0.25) is 0 Å². The minimum absolute atomic E-state index is 0.143. The van der Waals surface area contributed by atoms with Crippen molar-refractivity contribution in [2.24, 2.45) is 0 Å². The quantitative estimate of drug-likeness (QED) is 0.496. The first-order valence-corrected chi connectivity index (χ1v) is 9.33. The van der Waals surface area contributed by atoms with E-state index in [4.69, 9.17) is 9.47 Å². The van der Waals surface area contributed by atoms with E-state index in [1.54, 1.807) is 24.6 Å². The molecule has 9 nitrogen and oxygen atoms in total. The molecular weight excluding hydrogens is 380 g/mol. The van der Waals surface area contributed by atoms with E-state index in [1.807, 2.05) is 29.6 Å². The Morgan fingerprint density at radius 2 is 2.07 bits per heavy atom. The number of benzene rings is 1. The number of hydrogen-bond acceptors (Lipinski definition) is 9. The number of rotatable bonds is 6. The maximum atomic E-state index is 11.6. The number of fused-ring (bicyclic) bond motifs is 1. The largest absolute Gasteiger partial charge is 0.496 e. The van der Waals surface area contributed by atoms with Crippen LogP contribution in [-0.2, 0) is 4.74 Å². The number of nitrogens with one attached hydrogen (secondary N) is 1. The van der Waals surface area contributed by atoms with Gasteiger partial charge in [0.25, 0.3) is 0 Å². The number of hydrogen-bond donors (Lipinski definition) is 1. The van der Waals surface area contributed by atoms with Crippen LogP contribution < -0.4 is 10.1 Å².